The molecule has 0 aliphatic rings. The zero-order valence-electron chi connectivity index (χ0n) is 17.3. The van der Waals surface area contributed by atoms with E-state index in [2.05, 4.69) is 15.5 Å². The van der Waals surface area contributed by atoms with Crippen molar-refractivity contribution in [3.05, 3.63) is 63.2 Å². The largest absolute Gasteiger partial charge is 0.464 e. The summed E-state index contributed by atoms with van der Waals surface area (Å²) in [5.41, 5.74) is -0.221. The lowest BCUT2D eigenvalue weighted by Crippen LogP contribution is -2.21. The summed E-state index contributed by atoms with van der Waals surface area (Å²) in [5, 5.41) is 11.7. The molecule has 0 spiro atoms. The Bertz CT molecular complexity index is 1140. The highest BCUT2D eigenvalue weighted by atomic mass is 35.5. The van der Waals surface area contributed by atoms with Gasteiger partial charge >= 0.3 is 5.97 Å². The van der Waals surface area contributed by atoms with Crippen molar-refractivity contribution >= 4 is 51.7 Å². The van der Waals surface area contributed by atoms with E-state index < -0.39 is 11.4 Å². The normalized spacial score (nSPS) is 10.9. The molecule has 0 bridgehead atoms. The van der Waals surface area contributed by atoms with Crippen LogP contribution in [0.5, 0.6) is 5.75 Å². The van der Waals surface area contributed by atoms with Crippen LogP contribution in [0.4, 0.5) is 5.13 Å². The first kappa shape index (κ1) is 24.0. The van der Waals surface area contributed by atoms with Gasteiger partial charge in [-0.25, -0.2) is 4.79 Å². The molecular weight excluding hydrogens is 474 g/mol. The topological polar surface area (TPSA) is 111 Å². The Morgan fingerprint density at radius 3 is 2.59 bits per heavy atom. The molecule has 0 saturated carbocycles. The summed E-state index contributed by atoms with van der Waals surface area (Å²) in [6.45, 7) is 3.93. The van der Waals surface area contributed by atoms with Gasteiger partial charge in [0.25, 0.3) is 0 Å². The molecule has 0 radical (unpaired) electrons. The highest BCUT2D eigenvalue weighted by Gasteiger charge is 2.17. The molecule has 8 nitrogen and oxygen atoms in total. The van der Waals surface area contributed by atoms with Crippen molar-refractivity contribution in [2.24, 2.45) is 5.92 Å². The van der Waals surface area contributed by atoms with Gasteiger partial charge in [-0.05, 0) is 37.1 Å². The van der Waals surface area contributed by atoms with Gasteiger partial charge in [-0.3, -0.25) is 9.59 Å². The zero-order valence-corrected chi connectivity index (χ0v) is 19.7. The van der Waals surface area contributed by atoms with E-state index in [4.69, 9.17) is 20.8 Å². The Balaban J connectivity index is 1.56. The van der Waals surface area contributed by atoms with Gasteiger partial charge in [-0.2, -0.15) is 0 Å². The molecule has 1 aromatic carbocycles. The SMILES string of the molecule is CCC(CC)C(=O)Nc1nnc(SCc2cc(=O)c(OC(=O)c3ccc(Cl)cc3)co2)s1. The molecule has 0 atom stereocenters. The second kappa shape index (κ2) is 11.3. The fraction of sp³-hybridized carbons (Fsp3) is 0.286. The van der Waals surface area contributed by atoms with E-state index >= 15 is 0 Å². The highest BCUT2D eigenvalue weighted by Crippen LogP contribution is 2.29. The van der Waals surface area contributed by atoms with Crippen LogP contribution in [0.15, 0.2) is 50.1 Å². The first-order valence-corrected chi connectivity index (χ1v) is 11.9. The van der Waals surface area contributed by atoms with Gasteiger partial charge in [0.05, 0.1) is 11.3 Å². The van der Waals surface area contributed by atoms with Gasteiger partial charge in [0, 0.05) is 17.0 Å². The van der Waals surface area contributed by atoms with E-state index in [1.54, 1.807) is 12.1 Å². The van der Waals surface area contributed by atoms with Crippen LogP contribution in [0.1, 0.15) is 42.8 Å². The molecule has 2 heterocycles. The Hall–Kier alpha value is -2.69. The molecule has 0 unspecified atom stereocenters. The van der Waals surface area contributed by atoms with Crippen molar-refractivity contribution in [1.29, 1.82) is 0 Å². The molecule has 1 N–H and O–H groups in total. The number of ether oxygens (including phenoxy) is 1. The maximum atomic E-state index is 12.3. The molecule has 3 rings (SSSR count). The van der Waals surface area contributed by atoms with Crippen LogP contribution >= 0.6 is 34.7 Å². The second-order valence-corrected chi connectivity index (χ2v) is 9.27. The van der Waals surface area contributed by atoms with Gasteiger partial charge < -0.3 is 14.5 Å². The molecule has 2 aromatic heterocycles. The number of halogens is 1. The average Bonchev–Trinajstić information content (AvgIpc) is 3.22. The van der Waals surface area contributed by atoms with Gasteiger partial charge in [0.2, 0.25) is 22.2 Å². The lowest BCUT2D eigenvalue weighted by Gasteiger charge is -2.09. The lowest BCUT2D eigenvalue weighted by atomic mass is 10.0. The van der Waals surface area contributed by atoms with Crippen molar-refractivity contribution in [3.63, 3.8) is 0 Å². The van der Waals surface area contributed by atoms with E-state index in [1.165, 1.54) is 41.3 Å². The molecule has 0 aliphatic heterocycles. The summed E-state index contributed by atoms with van der Waals surface area (Å²) in [6, 6.07) is 7.37. The van der Waals surface area contributed by atoms with E-state index in [1.807, 2.05) is 13.8 Å². The van der Waals surface area contributed by atoms with Crippen molar-refractivity contribution in [1.82, 2.24) is 10.2 Å². The Morgan fingerprint density at radius 1 is 1.22 bits per heavy atom. The molecule has 1 amide bonds. The summed E-state index contributed by atoms with van der Waals surface area (Å²) in [5.74, 6) is -0.331. The zero-order chi connectivity index (χ0) is 23.1. The summed E-state index contributed by atoms with van der Waals surface area (Å²) < 4.78 is 11.1. The summed E-state index contributed by atoms with van der Waals surface area (Å²) in [6.07, 6.45) is 2.62. The fourth-order valence-corrected chi connectivity index (χ4v) is 4.42. The first-order chi connectivity index (χ1) is 15.4. The lowest BCUT2D eigenvalue weighted by molar-refractivity contribution is -0.120. The molecule has 32 heavy (non-hydrogen) atoms. The number of benzene rings is 1. The Labute approximate surface area is 197 Å². The molecule has 0 fully saturated rings. The number of rotatable bonds is 9. The molecular formula is C21H20ClN3O5S2. The summed E-state index contributed by atoms with van der Waals surface area (Å²) in [4.78, 5) is 36.6. The molecule has 168 valence electrons. The van der Waals surface area contributed by atoms with E-state index in [-0.39, 0.29) is 23.1 Å². The van der Waals surface area contributed by atoms with Crippen molar-refractivity contribution in [2.75, 3.05) is 5.32 Å². The minimum absolute atomic E-state index is 0.0587. The number of esters is 1. The van der Waals surface area contributed by atoms with E-state index in [9.17, 15) is 14.4 Å². The number of amides is 1. The Kier molecular flexibility index (Phi) is 8.43. The molecule has 0 saturated heterocycles. The molecule has 0 aliphatic carbocycles. The van der Waals surface area contributed by atoms with Gasteiger partial charge in [0.1, 0.15) is 12.0 Å². The fourth-order valence-electron chi connectivity index (χ4n) is 2.65. The number of aromatic nitrogens is 2. The van der Waals surface area contributed by atoms with Gasteiger partial charge in [0.15, 0.2) is 4.34 Å². The number of thioether (sulfide) groups is 1. The monoisotopic (exact) mass is 493 g/mol. The van der Waals surface area contributed by atoms with Gasteiger partial charge in [-0.1, -0.05) is 48.5 Å². The minimum Gasteiger partial charge on any atom is -0.464 e. The van der Waals surface area contributed by atoms with Crippen LogP contribution in [-0.4, -0.2) is 22.1 Å². The van der Waals surface area contributed by atoms with Crippen molar-refractivity contribution in [3.8, 4) is 5.75 Å². The van der Waals surface area contributed by atoms with Crippen LogP contribution in [0.25, 0.3) is 0 Å². The standard InChI is InChI=1S/C21H20ClN3O5S2/c1-3-12(4-2)18(27)23-20-24-25-21(32-20)31-11-15-9-16(26)17(10-29-15)30-19(28)13-5-7-14(22)8-6-13/h5-10,12H,3-4,11H2,1-2H3,(H,23,24,27). The number of hydrogen-bond donors (Lipinski definition) is 1. The summed E-state index contributed by atoms with van der Waals surface area (Å²) >= 11 is 8.35. The first-order valence-electron chi connectivity index (χ1n) is 9.76. The van der Waals surface area contributed by atoms with Crippen molar-refractivity contribution < 1.29 is 18.7 Å². The summed E-state index contributed by atoms with van der Waals surface area (Å²) in [7, 11) is 0. The maximum absolute atomic E-state index is 12.3. The third-order valence-electron chi connectivity index (χ3n) is 4.47. The number of nitrogens with zero attached hydrogens (tertiary/aromatic N) is 2. The third-order valence-corrected chi connectivity index (χ3v) is 6.71. The quantitative estimate of drug-likeness (QED) is 0.251. The van der Waals surface area contributed by atoms with Crippen LogP contribution in [0.2, 0.25) is 5.02 Å². The average molecular weight is 494 g/mol. The third kappa shape index (κ3) is 6.41. The van der Waals surface area contributed by atoms with Crippen LogP contribution in [0.3, 0.4) is 0 Å². The van der Waals surface area contributed by atoms with Crippen LogP contribution in [-0.2, 0) is 10.5 Å². The van der Waals surface area contributed by atoms with Crippen LogP contribution < -0.4 is 15.5 Å². The number of carbonyl (C=O) groups excluding carboxylic acids is 2. The predicted molar refractivity (Wildman–Crippen MR) is 124 cm³/mol. The smallest absolute Gasteiger partial charge is 0.343 e. The van der Waals surface area contributed by atoms with E-state index in [0.717, 1.165) is 19.1 Å². The number of carbonyl (C=O) groups is 2. The minimum atomic E-state index is -0.687. The van der Waals surface area contributed by atoms with E-state index in [0.29, 0.717) is 26.0 Å². The number of anilines is 1. The second-order valence-electron chi connectivity index (χ2n) is 6.64. The molecule has 11 heteroatoms. The number of hydrogen-bond acceptors (Lipinski definition) is 9. The van der Waals surface area contributed by atoms with Crippen molar-refractivity contribution in [2.45, 2.75) is 36.8 Å². The predicted octanol–water partition coefficient (Wildman–Crippen LogP) is 5.03. The highest BCUT2D eigenvalue weighted by molar-refractivity contribution is 8.00. The molecule has 3 aromatic rings. The number of nitrogens with one attached hydrogen (secondary N) is 1. The van der Waals surface area contributed by atoms with Crippen LogP contribution in [0, 0.1) is 5.92 Å². The Morgan fingerprint density at radius 2 is 1.94 bits per heavy atom. The van der Waals surface area contributed by atoms with Gasteiger partial charge in [-0.15, -0.1) is 10.2 Å². The maximum Gasteiger partial charge on any atom is 0.343 e.